The van der Waals surface area contributed by atoms with Crippen LogP contribution in [0.3, 0.4) is 0 Å². The third kappa shape index (κ3) is 2.73. The van der Waals surface area contributed by atoms with Crippen molar-refractivity contribution < 1.29 is 23.5 Å². The van der Waals surface area contributed by atoms with Gasteiger partial charge < -0.3 is 10.4 Å². The number of carbonyl (C=O) groups is 2. The number of nitrogens with zero attached hydrogens (tertiary/aromatic N) is 3. The molecular weight excluding hydrogens is 310 g/mol. The largest absolute Gasteiger partial charge is 0.481 e. The molecule has 0 radical (unpaired) electrons. The first kappa shape index (κ1) is 15.3. The van der Waals surface area contributed by atoms with Crippen molar-refractivity contribution in [3.8, 4) is 0 Å². The van der Waals surface area contributed by atoms with Crippen LogP contribution in [-0.4, -0.2) is 44.3 Å². The lowest BCUT2D eigenvalue weighted by Crippen LogP contribution is -2.28. The number of nitrogens with one attached hydrogen (secondary N) is 1. The minimum Gasteiger partial charge on any atom is -0.481 e. The second-order valence-electron chi connectivity index (χ2n) is 5.69. The van der Waals surface area contributed by atoms with Crippen molar-refractivity contribution in [1.82, 2.24) is 20.1 Å². The highest BCUT2D eigenvalue weighted by Crippen LogP contribution is 2.64. The van der Waals surface area contributed by atoms with Gasteiger partial charge in [-0.25, -0.2) is 8.78 Å². The molecule has 1 fully saturated rings. The molecule has 1 unspecified atom stereocenters. The molecule has 0 aliphatic heterocycles. The highest BCUT2D eigenvalue weighted by atomic mass is 19.3. The number of amides is 1. The normalized spacial score (nSPS) is 22.0. The van der Waals surface area contributed by atoms with Crippen molar-refractivity contribution >= 4 is 17.4 Å². The molecule has 2 heterocycles. The average Bonchev–Trinajstić information content (AvgIpc) is 2.84. The minimum atomic E-state index is -2.98. The van der Waals surface area contributed by atoms with Gasteiger partial charge in [0.25, 0.3) is 11.8 Å². The smallest absolute Gasteiger partial charge is 0.304 e. The molecule has 0 aromatic carbocycles. The molecule has 1 saturated carbocycles. The van der Waals surface area contributed by atoms with Crippen LogP contribution in [-0.2, 0) is 4.79 Å². The Kier molecular flexibility index (Phi) is 3.50. The summed E-state index contributed by atoms with van der Waals surface area (Å²) in [4.78, 5) is 22.8. The highest BCUT2D eigenvalue weighted by molar-refractivity contribution is 6.00. The zero-order chi connectivity index (χ0) is 16.7. The molecule has 1 aliphatic rings. The summed E-state index contributed by atoms with van der Waals surface area (Å²) in [6.07, 6.45) is 1.72. The van der Waals surface area contributed by atoms with E-state index in [1.54, 1.807) is 12.1 Å². The first-order chi connectivity index (χ1) is 10.8. The lowest BCUT2D eigenvalue weighted by atomic mass is 9.97. The number of rotatable bonds is 6. The Hall–Kier alpha value is -2.58. The predicted octanol–water partition coefficient (Wildman–Crippen LogP) is 1.35. The fraction of sp³-hybridized carbons (Fsp3) is 0.429. The summed E-state index contributed by atoms with van der Waals surface area (Å²) in [5.74, 6) is -4.70. The summed E-state index contributed by atoms with van der Waals surface area (Å²) in [7, 11) is 0. The molecule has 2 N–H and O–H groups in total. The second-order valence-corrected chi connectivity index (χ2v) is 5.69. The van der Waals surface area contributed by atoms with E-state index in [1.165, 1.54) is 17.0 Å². The number of carboxylic acid groups (broad SMARTS) is 1. The van der Waals surface area contributed by atoms with Crippen molar-refractivity contribution in [2.75, 3.05) is 6.54 Å². The molecule has 0 spiro atoms. The number of carboxylic acids is 1. The number of carbonyl (C=O) groups excluding carboxylic acids is 1. The molecular formula is C14H14F2N4O3. The Morgan fingerprint density at radius 1 is 1.39 bits per heavy atom. The molecule has 2 aromatic heterocycles. The van der Waals surface area contributed by atoms with Crippen molar-refractivity contribution in [3.05, 3.63) is 30.1 Å². The van der Waals surface area contributed by atoms with E-state index in [2.05, 4.69) is 15.5 Å². The highest BCUT2D eigenvalue weighted by Gasteiger charge is 2.70. The Balaban J connectivity index is 1.62. The SMILES string of the molecule is O=C(O)CC1(CCNC(=O)c2cnn3ncccc23)CC1(F)F. The Labute approximate surface area is 129 Å². The standard InChI is InChI=1S/C14H14F2N4O3/c15-14(16)8-13(14,6-11(21)22)3-5-17-12(23)9-7-19-20-10(9)2-1-4-18-20/h1-2,4,7H,3,5-6,8H2,(H,17,23)(H,21,22). The van der Waals surface area contributed by atoms with Gasteiger partial charge in [-0.1, -0.05) is 0 Å². The Bertz CT molecular complexity index is 776. The van der Waals surface area contributed by atoms with E-state index in [1.807, 2.05) is 0 Å². The van der Waals surface area contributed by atoms with Gasteiger partial charge in [0, 0.05) is 19.2 Å². The summed E-state index contributed by atoms with van der Waals surface area (Å²) in [5, 5.41) is 19.1. The summed E-state index contributed by atoms with van der Waals surface area (Å²) in [5.41, 5.74) is -0.760. The van der Waals surface area contributed by atoms with E-state index < -0.39 is 36.1 Å². The van der Waals surface area contributed by atoms with Crippen LogP contribution in [0.2, 0.25) is 0 Å². The number of hydrogen-bond acceptors (Lipinski definition) is 4. The molecule has 7 nitrogen and oxygen atoms in total. The number of aliphatic carboxylic acids is 1. The first-order valence-electron chi connectivity index (χ1n) is 7.02. The fourth-order valence-electron chi connectivity index (χ4n) is 2.74. The molecule has 9 heteroatoms. The van der Waals surface area contributed by atoms with Gasteiger partial charge in [0.1, 0.15) is 5.52 Å². The molecule has 1 atom stereocenters. The number of fused-ring (bicyclic) bond motifs is 1. The molecule has 0 bridgehead atoms. The van der Waals surface area contributed by atoms with Crippen LogP contribution in [0.4, 0.5) is 8.78 Å². The van der Waals surface area contributed by atoms with Gasteiger partial charge in [0.2, 0.25) is 0 Å². The van der Waals surface area contributed by atoms with E-state index >= 15 is 0 Å². The summed E-state index contributed by atoms with van der Waals surface area (Å²) in [6.45, 7) is -0.0285. The lowest BCUT2D eigenvalue weighted by Gasteiger charge is -2.14. The summed E-state index contributed by atoms with van der Waals surface area (Å²) in [6, 6.07) is 3.32. The van der Waals surface area contributed by atoms with Gasteiger partial charge in [0.05, 0.1) is 23.6 Å². The van der Waals surface area contributed by atoms with Gasteiger partial charge in [-0.05, 0) is 18.6 Å². The molecule has 2 aromatic rings. The van der Waals surface area contributed by atoms with Crippen molar-refractivity contribution in [2.24, 2.45) is 5.41 Å². The third-order valence-electron chi connectivity index (χ3n) is 4.14. The van der Waals surface area contributed by atoms with E-state index in [0.29, 0.717) is 5.52 Å². The van der Waals surface area contributed by atoms with Gasteiger partial charge >= 0.3 is 5.97 Å². The van der Waals surface area contributed by atoms with E-state index in [-0.39, 0.29) is 18.5 Å². The van der Waals surface area contributed by atoms with Crippen molar-refractivity contribution in [3.63, 3.8) is 0 Å². The number of halogens is 2. The molecule has 1 amide bonds. The summed E-state index contributed by atoms with van der Waals surface area (Å²) < 4.78 is 28.1. The first-order valence-corrected chi connectivity index (χ1v) is 7.02. The fourth-order valence-corrected chi connectivity index (χ4v) is 2.74. The Morgan fingerprint density at radius 3 is 2.78 bits per heavy atom. The quantitative estimate of drug-likeness (QED) is 0.836. The number of aromatic nitrogens is 3. The molecule has 23 heavy (non-hydrogen) atoms. The third-order valence-corrected chi connectivity index (χ3v) is 4.14. The number of alkyl halides is 2. The molecule has 3 rings (SSSR count). The van der Waals surface area contributed by atoms with Crippen LogP contribution in [0.25, 0.3) is 5.52 Å². The van der Waals surface area contributed by atoms with Gasteiger partial charge in [-0.3, -0.25) is 9.59 Å². The van der Waals surface area contributed by atoms with E-state index in [9.17, 15) is 18.4 Å². The van der Waals surface area contributed by atoms with Crippen LogP contribution in [0.1, 0.15) is 29.6 Å². The molecule has 122 valence electrons. The van der Waals surface area contributed by atoms with E-state index in [0.717, 1.165) is 0 Å². The molecule has 0 saturated heterocycles. The van der Waals surface area contributed by atoms with Gasteiger partial charge in [0.15, 0.2) is 0 Å². The van der Waals surface area contributed by atoms with Crippen LogP contribution < -0.4 is 5.32 Å². The van der Waals surface area contributed by atoms with E-state index in [4.69, 9.17) is 5.11 Å². The topological polar surface area (TPSA) is 96.6 Å². The van der Waals surface area contributed by atoms with Crippen LogP contribution in [0, 0.1) is 5.41 Å². The molecule has 1 aliphatic carbocycles. The average molecular weight is 324 g/mol. The minimum absolute atomic E-state index is 0.0285. The second kappa shape index (κ2) is 5.25. The van der Waals surface area contributed by atoms with Crippen molar-refractivity contribution in [1.29, 1.82) is 0 Å². The predicted molar refractivity (Wildman–Crippen MR) is 74.2 cm³/mol. The monoisotopic (exact) mass is 324 g/mol. The zero-order valence-corrected chi connectivity index (χ0v) is 12.0. The van der Waals surface area contributed by atoms with Crippen LogP contribution in [0.15, 0.2) is 24.5 Å². The number of hydrogen-bond donors (Lipinski definition) is 2. The maximum absolute atomic E-state index is 13.4. The maximum atomic E-state index is 13.4. The summed E-state index contributed by atoms with van der Waals surface area (Å²) >= 11 is 0. The van der Waals surface area contributed by atoms with Gasteiger partial charge in [-0.2, -0.15) is 14.8 Å². The van der Waals surface area contributed by atoms with Crippen LogP contribution in [0.5, 0.6) is 0 Å². The maximum Gasteiger partial charge on any atom is 0.304 e. The van der Waals surface area contributed by atoms with Gasteiger partial charge in [-0.15, -0.1) is 0 Å². The van der Waals surface area contributed by atoms with Crippen molar-refractivity contribution in [2.45, 2.75) is 25.2 Å². The lowest BCUT2D eigenvalue weighted by molar-refractivity contribution is -0.139. The Morgan fingerprint density at radius 2 is 2.13 bits per heavy atom. The zero-order valence-electron chi connectivity index (χ0n) is 12.0. The van der Waals surface area contributed by atoms with Crippen LogP contribution >= 0.6 is 0 Å².